The lowest BCUT2D eigenvalue weighted by atomic mass is 9.49. The van der Waals surface area contributed by atoms with Crippen LogP contribution in [0.5, 0.6) is 0 Å². The van der Waals surface area contributed by atoms with Crippen molar-refractivity contribution < 1.29 is 60.0 Å². The molecule has 0 saturated carbocycles. The molecule has 0 amide bonds. The highest BCUT2D eigenvalue weighted by Gasteiger charge is 2.69. The van der Waals surface area contributed by atoms with Crippen LogP contribution in [0.1, 0.15) is 25.7 Å². The molecule has 3 aliphatic rings. The fourth-order valence-corrected chi connectivity index (χ4v) is 6.62. The van der Waals surface area contributed by atoms with Gasteiger partial charge in [0.05, 0.1) is 57.7 Å². The third-order valence-corrected chi connectivity index (χ3v) is 9.18. The summed E-state index contributed by atoms with van der Waals surface area (Å²) in [5, 5.41) is 81.2. The highest BCUT2D eigenvalue weighted by molar-refractivity contribution is 5.72. The fourth-order valence-electron chi connectivity index (χ4n) is 6.62. The minimum Gasteiger partial charge on any atom is -0.481 e. The lowest BCUT2D eigenvalue weighted by molar-refractivity contribution is -0.181. The maximum Gasteiger partial charge on any atom is 0.307 e. The predicted molar refractivity (Wildman–Crippen MR) is 141 cm³/mol. The van der Waals surface area contributed by atoms with Crippen molar-refractivity contribution in [3.63, 3.8) is 0 Å². The number of nitrogens with zero attached hydrogens (tertiary/aromatic N) is 3. The molecule has 0 aromatic rings. The van der Waals surface area contributed by atoms with E-state index in [1.807, 2.05) is 14.7 Å². The van der Waals surface area contributed by atoms with Gasteiger partial charge in [0.15, 0.2) is 0 Å². The molecule has 3 rings (SSSR count). The summed E-state index contributed by atoms with van der Waals surface area (Å²) >= 11 is 0. The second kappa shape index (κ2) is 14.0. The standard InChI is InChI=1S/C26H45N3O12/c30-8-1-25(15-34,16-35)26(18(9-21(36)37)27-2-3-27,19(10-22(38)39)28-4-5-28)20(29-6-7-29)11-23(40)41-17-24(12-31,13-32)14-33/h18-20,30-35H,1-17H2,(H,36,37)(H,38,39). The number of carboxylic acid groups (broad SMARTS) is 2. The van der Waals surface area contributed by atoms with Crippen LogP contribution in [0.3, 0.4) is 0 Å². The van der Waals surface area contributed by atoms with Crippen molar-refractivity contribution in [2.45, 2.75) is 43.8 Å². The Labute approximate surface area is 238 Å². The van der Waals surface area contributed by atoms with Crippen LogP contribution in [0.15, 0.2) is 0 Å². The molecular weight excluding hydrogens is 546 g/mol. The van der Waals surface area contributed by atoms with Gasteiger partial charge in [0.2, 0.25) is 0 Å². The Morgan fingerprint density at radius 1 is 0.634 bits per heavy atom. The number of aliphatic hydroxyl groups excluding tert-OH is 6. The van der Waals surface area contributed by atoms with E-state index in [4.69, 9.17) is 4.74 Å². The lowest BCUT2D eigenvalue weighted by Gasteiger charge is -2.61. The van der Waals surface area contributed by atoms with Crippen LogP contribution < -0.4 is 0 Å². The monoisotopic (exact) mass is 591 g/mol. The third-order valence-electron chi connectivity index (χ3n) is 9.18. The molecule has 3 heterocycles. The molecule has 0 aliphatic carbocycles. The van der Waals surface area contributed by atoms with Crippen molar-refractivity contribution >= 4 is 17.9 Å². The minimum atomic E-state index is -1.61. The van der Waals surface area contributed by atoms with Crippen LogP contribution in [0.25, 0.3) is 0 Å². The van der Waals surface area contributed by atoms with E-state index in [2.05, 4.69) is 0 Å². The Balaban J connectivity index is 2.22. The molecule has 0 radical (unpaired) electrons. The first-order valence-electron chi connectivity index (χ1n) is 14.0. The van der Waals surface area contributed by atoms with Crippen LogP contribution in [-0.4, -0.2) is 177 Å². The first kappa shape index (κ1) is 33.6. The number of rotatable bonds is 22. The van der Waals surface area contributed by atoms with Gasteiger partial charge in [0.25, 0.3) is 0 Å². The Morgan fingerprint density at radius 3 is 1.32 bits per heavy atom. The van der Waals surface area contributed by atoms with Crippen molar-refractivity contribution in [2.24, 2.45) is 16.2 Å². The van der Waals surface area contributed by atoms with Gasteiger partial charge in [-0.3, -0.25) is 29.1 Å². The summed E-state index contributed by atoms with van der Waals surface area (Å²) in [6.45, 7) is -1.45. The summed E-state index contributed by atoms with van der Waals surface area (Å²) in [6, 6.07) is -2.75. The van der Waals surface area contributed by atoms with E-state index in [1.54, 1.807) is 0 Å². The van der Waals surface area contributed by atoms with E-state index in [0.29, 0.717) is 39.3 Å². The summed E-state index contributed by atoms with van der Waals surface area (Å²) in [7, 11) is 0. The average Bonchev–Trinajstić information content (AvgIpc) is 3.79. The first-order chi connectivity index (χ1) is 19.5. The number of carbonyl (C=O) groups is 3. The van der Waals surface area contributed by atoms with Crippen LogP contribution in [-0.2, 0) is 19.1 Å². The second-order valence-electron chi connectivity index (χ2n) is 11.7. The molecular formula is C26H45N3O12. The summed E-state index contributed by atoms with van der Waals surface area (Å²) in [5.74, 6) is -3.16. The molecule has 3 aliphatic heterocycles. The molecule has 3 fully saturated rings. The highest BCUT2D eigenvalue weighted by atomic mass is 16.5. The van der Waals surface area contributed by atoms with Crippen LogP contribution in [0.4, 0.5) is 0 Å². The smallest absolute Gasteiger partial charge is 0.307 e. The first-order valence-corrected chi connectivity index (χ1v) is 14.0. The van der Waals surface area contributed by atoms with Crippen LogP contribution in [0.2, 0.25) is 0 Å². The Hall–Kier alpha value is -1.95. The Bertz CT molecular complexity index is 860. The Kier molecular flexibility index (Phi) is 11.5. The maximum absolute atomic E-state index is 13.4. The number of carbonyl (C=O) groups excluding carboxylic acids is 1. The van der Waals surface area contributed by atoms with Gasteiger partial charge in [0, 0.05) is 74.8 Å². The van der Waals surface area contributed by atoms with Crippen LogP contribution >= 0.6 is 0 Å². The second-order valence-corrected chi connectivity index (χ2v) is 11.7. The summed E-state index contributed by atoms with van der Waals surface area (Å²) < 4.78 is 5.42. The minimum absolute atomic E-state index is 0.185. The van der Waals surface area contributed by atoms with Crippen molar-refractivity contribution in [3.8, 4) is 0 Å². The molecule has 3 saturated heterocycles. The predicted octanol–water partition coefficient (Wildman–Crippen LogP) is -3.78. The van der Waals surface area contributed by atoms with E-state index < -0.39 is 111 Å². The number of hydrogen-bond acceptors (Lipinski definition) is 13. The van der Waals surface area contributed by atoms with E-state index in [-0.39, 0.29) is 12.8 Å². The molecule has 0 aromatic carbocycles. The zero-order chi connectivity index (χ0) is 30.4. The topological polar surface area (TPSA) is 231 Å². The lowest BCUT2D eigenvalue weighted by Crippen LogP contribution is -2.71. The van der Waals surface area contributed by atoms with Gasteiger partial charge < -0.3 is 45.6 Å². The zero-order valence-corrected chi connectivity index (χ0v) is 23.3. The summed E-state index contributed by atoms with van der Waals surface area (Å²) in [4.78, 5) is 43.6. The number of ether oxygens (including phenoxy) is 1. The molecule has 0 bridgehead atoms. The van der Waals surface area contributed by atoms with E-state index in [1.165, 1.54) is 0 Å². The number of carboxylic acids is 2. The zero-order valence-electron chi connectivity index (χ0n) is 23.3. The molecule has 0 aromatic heterocycles. The maximum atomic E-state index is 13.4. The molecule has 0 spiro atoms. The Morgan fingerprint density at radius 2 is 1.02 bits per heavy atom. The number of aliphatic hydroxyl groups is 6. The molecule has 8 N–H and O–H groups in total. The molecule has 15 nitrogen and oxygen atoms in total. The van der Waals surface area contributed by atoms with Crippen molar-refractivity contribution in [3.05, 3.63) is 0 Å². The molecule has 3 atom stereocenters. The SMILES string of the molecule is O=C(O)CC(N1CC1)C(C(CC(=O)O)N1CC1)(C(CC(=O)OCC(CO)(CO)CO)N1CC1)C(CO)(CO)CCO. The van der Waals surface area contributed by atoms with Gasteiger partial charge in [0.1, 0.15) is 6.61 Å². The van der Waals surface area contributed by atoms with Gasteiger partial charge in [-0.1, -0.05) is 0 Å². The summed E-state index contributed by atoms with van der Waals surface area (Å²) in [6.07, 6.45) is -1.49. The quantitative estimate of drug-likeness (QED) is 0.0446. The largest absolute Gasteiger partial charge is 0.481 e. The van der Waals surface area contributed by atoms with Crippen molar-refractivity contribution in [2.75, 3.05) is 85.5 Å². The fraction of sp³-hybridized carbons (Fsp3) is 0.885. The van der Waals surface area contributed by atoms with Gasteiger partial charge in [-0.15, -0.1) is 0 Å². The average molecular weight is 592 g/mol. The van der Waals surface area contributed by atoms with Gasteiger partial charge in [-0.25, -0.2) is 0 Å². The van der Waals surface area contributed by atoms with E-state index in [9.17, 15) is 55.2 Å². The van der Waals surface area contributed by atoms with E-state index >= 15 is 0 Å². The third kappa shape index (κ3) is 7.17. The number of aliphatic carboxylic acids is 2. The molecule has 3 unspecified atom stereocenters. The number of hydrogen-bond donors (Lipinski definition) is 8. The highest BCUT2D eigenvalue weighted by Crippen LogP contribution is 2.58. The van der Waals surface area contributed by atoms with Crippen molar-refractivity contribution in [1.29, 1.82) is 0 Å². The van der Waals surface area contributed by atoms with Crippen LogP contribution in [0, 0.1) is 16.2 Å². The normalized spacial score (nSPS) is 21.5. The molecule has 236 valence electrons. The van der Waals surface area contributed by atoms with Crippen molar-refractivity contribution in [1.82, 2.24) is 14.7 Å². The summed E-state index contributed by atoms with van der Waals surface area (Å²) in [5.41, 5.74) is -4.65. The van der Waals surface area contributed by atoms with Gasteiger partial charge in [-0.2, -0.15) is 0 Å². The van der Waals surface area contributed by atoms with Gasteiger partial charge in [-0.05, 0) is 6.42 Å². The number of esters is 1. The molecule has 15 heteroatoms. The molecule has 41 heavy (non-hydrogen) atoms. The van der Waals surface area contributed by atoms with E-state index in [0.717, 1.165) is 0 Å². The van der Waals surface area contributed by atoms with Gasteiger partial charge >= 0.3 is 17.9 Å².